The minimum atomic E-state index is -0.404. The van der Waals surface area contributed by atoms with Crippen molar-refractivity contribution in [2.75, 3.05) is 23.7 Å². The summed E-state index contributed by atoms with van der Waals surface area (Å²) in [6.45, 7) is 6.98. The number of ether oxygens (including phenoxy) is 1. The van der Waals surface area contributed by atoms with Crippen molar-refractivity contribution < 1.29 is 9.53 Å². The van der Waals surface area contributed by atoms with Crippen LogP contribution in [0.15, 0.2) is 0 Å². The number of carbonyl (C=O) groups excluding carboxylic acids is 1. The van der Waals surface area contributed by atoms with E-state index in [2.05, 4.69) is 37.2 Å². The van der Waals surface area contributed by atoms with Crippen LogP contribution in [0.5, 0.6) is 0 Å². The van der Waals surface area contributed by atoms with Crippen molar-refractivity contribution in [3.63, 3.8) is 0 Å². The molecule has 4 nitrogen and oxygen atoms in total. The number of alkyl carbamates (subject to hydrolysis) is 1. The van der Waals surface area contributed by atoms with Crippen LogP contribution in [-0.2, 0) is 4.74 Å². The number of alkyl halides is 2. The third-order valence-electron chi connectivity index (χ3n) is 1.32. The Balaban J connectivity index is -0.000000321. The van der Waals surface area contributed by atoms with E-state index in [-0.39, 0.29) is 23.1 Å². The fourth-order valence-electron chi connectivity index (χ4n) is 0.649. The second-order valence-corrected chi connectivity index (χ2v) is 5.89. The number of hydrogen-bond donors (Lipinski definition) is 2. The zero-order valence-electron chi connectivity index (χ0n) is 11.3. The average molecular weight is 457 g/mol. The molecule has 0 aliphatic carbocycles. The fourth-order valence-corrected chi connectivity index (χ4v) is 1.25. The molecule has 18 heavy (non-hydrogen) atoms. The molecule has 0 aromatic carbocycles. The van der Waals surface area contributed by atoms with E-state index >= 15 is 0 Å². The normalized spacial score (nSPS) is 9.67. The monoisotopic (exact) mass is 454 g/mol. The third kappa shape index (κ3) is 25.5. The summed E-state index contributed by atoms with van der Waals surface area (Å²) in [5.41, 5.74) is 4.70. The topological polar surface area (TPSA) is 64.3 Å². The van der Waals surface area contributed by atoms with E-state index in [9.17, 15) is 4.79 Å². The first-order valence-corrected chi connectivity index (χ1v) is 7.90. The molecule has 0 rings (SSSR count). The number of nitrogens with one attached hydrogen (secondary N) is 1. The Kier molecular flexibility index (Phi) is 20.7. The Bertz CT molecular complexity index is 186. The second kappa shape index (κ2) is 15.7. The molecule has 112 valence electrons. The van der Waals surface area contributed by atoms with Crippen LogP contribution in [-0.4, -0.2) is 35.4 Å². The summed E-state index contributed by atoms with van der Waals surface area (Å²) < 4.78 is 5.02. The summed E-state index contributed by atoms with van der Waals surface area (Å²) in [6.07, 6.45) is 1.66. The van der Waals surface area contributed by atoms with Crippen LogP contribution in [0.2, 0.25) is 0 Å². The third-order valence-corrected chi connectivity index (χ3v) is 2.44. The number of rotatable bonds is 5. The summed E-state index contributed by atoms with van der Waals surface area (Å²) in [7, 11) is 0. The molecule has 0 saturated carbocycles. The molecule has 0 spiro atoms. The van der Waals surface area contributed by atoms with Crippen molar-refractivity contribution in [3.05, 3.63) is 0 Å². The Morgan fingerprint density at radius 3 is 2.00 bits per heavy atom. The molecule has 0 heterocycles. The van der Waals surface area contributed by atoms with Crippen LogP contribution in [0.4, 0.5) is 4.79 Å². The van der Waals surface area contributed by atoms with Gasteiger partial charge >= 0.3 is 6.09 Å². The smallest absolute Gasteiger partial charge is 0.407 e. The first-order valence-electron chi connectivity index (χ1n) is 5.66. The molecule has 0 unspecified atom stereocenters. The highest BCUT2D eigenvalue weighted by atomic mass is 79.9. The highest BCUT2D eigenvalue weighted by Crippen LogP contribution is 2.06. The Hall–Kier alpha value is 0.670. The van der Waals surface area contributed by atoms with Gasteiger partial charge < -0.3 is 15.8 Å². The number of halogens is 3. The summed E-state index contributed by atoms with van der Waals surface area (Å²) in [6, 6.07) is 0. The molecule has 0 atom stereocenters. The van der Waals surface area contributed by atoms with Gasteiger partial charge in [0.1, 0.15) is 5.60 Å². The van der Waals surface area contributed by atoms with E-state index in [1.54, 1.807) is 0 Å². The van der Waals surface area contributed by atoms with Crippen LogP contribution in [0.1, 0.15) is 33.6 Å². The van der Waals surface area contributed by atoms with E-state index < -0.39 is 5.60 Å². The lowest BCUT2D eigenvalue weighted by Gasteiger charge is -2.19. The number of nitrogens with two attached hydrogens (primary N) is 1. The van der Waals surface area contributed by atoms with Gasteiger partial charge in [0.25, 0.3) is 0 Å². The van der Waals surface area contributed by atoms with E-state index in [1.807, 2.05) is 20.8 Å². The minimum absolute atomic E-state index is 0. The van der Waals surface area contributed by atoms with Crippen molar-refractivity contribution in [1.82, 2.24) is 5.32 Å². The SMILES string of the molecule is Br.CC(C)(C)OC(=O)NCCCBr.NCCCBr. The van der Waals surface area contributed by atoms with Crippen molar-refractivity contribution in [1.29, 1.82) is 0 Å². The van der Waals surface area contributed by atoms with Crippen molar-refractivity contribution in [2.45, 2.75) is 39.2 Å². The summed E-state index contributed by atoms with van der Waals surface area (Å²) >= 11 is 6.50. The van der Waals surface area contributed by atoms with Gasteiger partial charge in [-0.05, 0) is 40.2 Å². The maximum absolute atomic E-state index is 11.0. The second-order valence-electron chi connectivity index (χ2n) is 4.30. The molecular formula is C11H25Br3N2O2. The molecule has 0 aromatic rings. The summed E-state index contributed by atoms with van der Waals surface area (Å²) in [5.74, 6) is 0. The molecule has 0 radical (unpaired) electrons. The van der Waals surface area contributed by atoms with Crippen LogP contribution in [0.25, 0.3) is 0 Å². The van der Waals surface area contributed by atoms with Crippen molar-refractivity contribution in [3.8, 4) is 0 Å². The summed E-state index contributed by atoms with van der Waals surface area (Å²) in [5, 5.41) is 4.57. The maximum atomic E-state index is 11.0. The minimum Gasteiger partial charge on any atom is -0.444 e. The predicted octanol–water partition coefficient (Wildman–Crippen LogP) is 3.60. The van der Waals surface area contributed by atoms with E-state index in [1.165, 1.54) is 0 Å². The van der Waals surface area contributed by atoms with Gasteiger partial charge in [-0.1, -0.05) is 31.9 Å². The van der Waals surface area contributed by atoms with Crippen molar-refractivity contribution in [2.24, 2.45) is 5.73 Å². The lowest BCUT2D eigenvalue weighted by molar-refractivity contribution is 0.0528. The highest BCUT2D eigenvalue weighted by molar-refractivity contribution is 9.09. The van der Waals surface area contributed by atoms with E-state index in [0.717, 1.165) is 30.0 Å². The number of carbonyl (C=O) groups is 1. The van der Waals surface area contributed by atoms with E-state index in [0.29, 0.717) is 6.54 Å². The Labute approximate surface area is 138 Å². The zero-order valence-corrected chi connectivity index (χ0v) is 16.2. The van der Waals surface area contributed by atoms with Crippen LogP contribution in [0.3, 0.4) is 0 Å². The molecular weight excluding hydrogens is 432 g/mol. The molecule has 0 aromatic heterocycles. The largest absolute Gasteiger partial charge is 0.444 e. The lowest BCUT2D eigenvalue weighted by atomic mass is 10.2. The molecule has 0 aliphatic heterocycles. The van der Waals surface area contributed by atoms with Crippen LogP contribution in [0, 0.1) is 0 Å². The Morgan fingerprint density at radius 1 is 1.22 bits per heavy atom. The van der Waals surface area contributed by atoms with Gasteiger partial charge in [0.2, 0.25) is 0 Å². The number of amides is 1. The molecule has 0 aliphatic rings. The molecule has 7 heteroatoms. The van der Waals surface area contributed by atoms with Gasteiger partial charge in [0.15, 0.2) is 0 Å². The van der Waals surface area contributed by atoms with Gasteiger partial charge in [-0.15, -0.1) is 17.0 Å². The van der Waals surface area contributed by atoms with Crippen LogP contribution < -0.4 is 11.1 Å². The highest BCUT2D eigenvalue weighted by Gasteiger charge is 2.14. The van der Waals surface area contributed by atoms with Crippen LogP contribution >= 0.6 is 48.8 Å². The quantitative estimate of drug-likeness (QED) is 0.490. The Morgan fingerprint density at radius 2 is 1.72 bits per heavy atom. The molecule has 0 bridgehead atoms. The predicted molar refractivity (Wildman–Crippen MR) is 90.4 cm³/mol. The lowest BCUT2D eigenvalue weighted by Crippen LogP contribution is -2.33. The van der Waals surface area contributed by atoms with Crippen molar-refractivity contribution >= 4 is 54.9 Å². The number of hydrogen-bond acceptors (Lipinski definition) is 3. The molecule has 3 N–H and O–H groups in total. The fraction of sp³-hybridized carbons (Fsp3) is 0.909. The average Bonchev–Trinajstić information content (AvgIpc) is 2.17. The maximum Gasteiger partial charge on any atom is 0.407 e. The first kappa shape index (κ1) is 23.7. The van der Waals surface area contributed by atoms with Gasteiger partial charge in [-0.25, -0.2) is 4.79 Å². The first-order chi connectivity index (χ1) is 7.87. The summed E-state index contributed by atoms with van der Waals surface area (Å²) in [4.78, 5) is 11.0. The molecule has 1 amide bonds. The molecule has 0 fully saturated rings. The van der Waals surface area contributed by atoms with Gasteiger partial charge in [0.05, 0.1) is 0 Å². The van der Waals surface area contributed by atoms with Gasteiger partial charge in [-0.2, -0.15) is 0 Å². The van der Waals surface area contributed by atoms with Gasteiger partial charge in [-0.3, -0.25) is 0 Å². The van der Waals surface area contributed by atoms with Gasteiger partial charge in [0, 0.05) is 17.2 Å². The standard InChI is InChI=1S/C8H16BrNO2.C3H8BrN.BrH/c1-8(2,3)12-7(11)10-6-4-5-9;4-2-1-3-5;/h4-6H2,1-3H3,(H,10,11);1-3,5H2;1H. The zero-order chi connectivity index (χ0) is 13.7. The molecule has 0 saturated heterocycles. The van der Waals surface area contributed by atoms with E-state index in [4.69, 9.17) is 10.5 Å².